The molecule has 0 amide bonds. The first kappa shape index (κ1) is 17.4. The maximum absolute atomic E-state index is 5.58. The summed E-state index contributed by atoms with van der Waals surface area (Å²) in [5, 5.41) is 12.8. The van der Waals surface area contributed by atoms with Crippen molar-refractivity contribution in [3.05, 3.63) is 30.0 Å². The van der Waals surface area contributed by atoms with E-state index in [-0.39, 0.29) is 0 Å². The van der Waals surface area contributed by atoms with E-state index in [2.05, 4.69) is 28.0 Å². The van der Waals surface area contributed by atoms with Crippen LogP contribution in [0.15, 0.2) is 34.5 Å². The fourth-order valence-corrected chi connectivity index (χ4v) is 2.15. The molecule has 0 unspecified atom stereocenters. The SMILES string of the molecule is CCOc1ccc(N=Nc2c(C)nn(C(=S)S)c2OCC)cc1. The molecule has 0 aliphatic carbocycles. The summed E-state index contributed by atoms with van der Waals surface area (Å²) in [6.45, 7) is 6.72. The van der Waals surface area contributed by atoms with Crippen LogP contribution in [0.2, 0.25) is 0 Å². The van der Waals surface area contributed by atoms with Crippen molar-refractivity contribution in [1.29, 1.82) is 0 Å². The lowest BCUT2D eigenvalue weighted by molar-refractivity contribution is 0.321. The van der Waals surface area contributed by atoms with E-state index in [4.69, 9.17) is 21.7 Å². The second kappa shape index (κ2) is 8.07. The Bertz CT molecular complexity index is 711. The van der Waals surface area contributed by atoms with Gasteiger partial charge < -0.3 is 9.47 Å². The van der Waals surface area contributed by atoms with Crippen LogP contribution in [0.1, 0.15) is 19.5 Å². The van der Waals surface area contributed by atoms with Gasteiger partial charge in [-0.3, -0.25) is 0 Å². The van der Waals surface area contributed by atoms with Crippen LogP contribution >= 0.6 is 24.8 Å². The first-order valence-corrected chi connectivity index (χ1v) is 8.02. The summed E-state index contributed by atoms with van der Waals surface area (Å²) >= 11 is 9.20. The molecule has 1 heterocycles. The Morgan fingerprint density at radius 1 is 1.17 bits per heavy atom. The van der Waals surface area contributed by atoms with Gasteiger partial charge in [0.2, 0.25) is 5.88 Å². The minimum atomic E-state index is 0.291. The lowest BCUT2D eigenvalue weighted by atomic mass is 10.3. The molecule has 0 atom stereocenters. The molecule has 0 radical (unpaired) electrons. The molecule has 0 aliphatic heterocycles. The van der Waals surface area contributed by atoms with Gasteiger partial charge in [-0.25, -0.2) is 0 Å². The Morgan fingerprint density at radius 3 is 2.39 bits per heavy atom. The van der Waals surface area contributed by atoms with Gasteiger partial charge in [0.15, 0.2) is 10.0 Å². The van der Waals surface area contributed by atoms with Gasteiger partial charge in [-0.2, -0.15) is 14.9 Å². The van der Waals surface area contributed by atoms with Crippen LogP contribution < -0.4 is 9.47 Å². The van der Waals surface area contributed by atoms with E-state index in [1.165, 1.54) is 4.68 Å². The van der Waals surface area contributed by atoms with Crippen molar-refractivity contribution in [2.45, 2.75) is 20.8 Å². The molecule has 0 saturated heterocycles. The first-order valence-electron chi connectivity index (χ1n) is 7.17. The summed E-state index contributed by atoms with van der Waals surface area (Å²) < 4.78 is 12.7. The van der Waals surface area contributed by atoms with Crippen molar-refractivity contribution in [3.63, 3.8) is 0 Å². The van der Waals surface area contributed by atoms with Gasteiger partial charge in [0.1, 0.15) is 5.75 Å². The van der Waals surface area contributed by atoms with E-state index in [1.54, 1.807) is 0 Å². The van der Waals surface area contributed by atoms with Gasteiger partial charge in [-0.15, -0.1) is 17.7 Å². The fourth-order valence-electron chi connectivity index (χ4n) is 1.89. The van der Waals surface area contributed by atoms with Crippen molar-refractivity contribution in [3.8, 4) is 11.6 Å². The summed E-state index contributed by atoms with van der Waals surface area (Å²) in [6, 6.07) is 7.36. The normalized spacial score (nSPS) is 11.0. The molecule has 0 N–H and O–H groups in total. The lowest BCUT2D eigenvalue weighted by Gasteiger charge is -2.05. The van der Waals surface area contributed by atoms with E-state index in [9.17, 15) is 0 Å². The second-order valence-electron chi connectivity index (χ2n) is 4.49. The van der Waals surface area contributed by atoms with E-state index in [1.807, 2.05) is 45.0 Å². The zero-order chi connectivity index (χ0) is 16.8. The number of benzene rings is 1. The standard InChI is InChI=1S/C15H18N4O2S2/c1-4-20-12-8-6-11(7-9-12)16-17-13-10(3)18-19(15(22)23)14(13)21-5-2/h6-9H,4-5H2,1-3H3,(H,22,23). The summed E-state index contributed by atoms with van der Waals surface area (Å²) in [5.74, 6) is 1.24. The summed E-state index contributed by atoms with van der Waals surface area (Å²) in [5.41, 5.74) is 1.91. The number of thiol groups is 1. The molecule has 0 saturated carbocycles. The molecule has 0 spiro atoms. The molecule has 0 aliphatic rings. The predicted molar refractivity (Wildman–Crippen MR) is 96.9 cm³/mol. The highest BCUT2D eigenvalue weighted by Crippen LogP contribution is 2.33. The number of rotatable bonds is 6. The van der Waals surface area contributed by atoms with Crippen molar-refractivity contribution < 1.29 is 9.47 Å². The van der Waals surface area contributed by atoms with Gasteiger partial charge >= 0.3 is 0 Å². The smallest absolute Gasteiger partial charge is 0.246 e. The van der Waals surface area contributed by atoms with Crippen molar-refractivity contribution in [2.75, 3.05) is 13.2 Å². The Labute approximate surface area is 145 Å². The monoisotopic (exact) mass is 350 g/mol. The zero-order valence-electron chi connectivity index (χ0n) is 13.2. The maximum atomic E-state index is 5.58. The third-order valence-corrected chi connectivity index (χ3v) is 3.23. The Hall–Kier alpha value is -1.93. The molecule has 1 aromatic heterocycles. The number of aryl methyl sites for hydroxylation is 1. The average molecular weight is 350 g/mol. The van der Waals surface area contributed by atoms with Crippen LogP contribution in [0.3, 0.4) is 0 Å². The van der Waals surface area contributed by atoms with Crippen LogP contribution in [0.25, 0.3) is 0 Å². The predicted octanol–water partition coefficient (Wildman–Crippen LogP) is 4.47. The zero-order valence-corrected chi connectivity index (χ0v) is 14.9. The maximum Gasteiger partial charge on any atom is 0.246 e. The van der Waals surface area contributed by atoms with Crippen molar-refractivity contribution >= 4 is 40.5 Å². The third-order valence-electron chi connectivity index (χ3n) is 2.86. The molecule has 1 aromatic carbocycles. The summed E-state index contributed by atoms with van der Waals surface area (Å²) in [7, 11) is 0. The van der Waals surface area contributed by atoms with Crippen molar-refractivity contribution in [1.82, 2.24) is 9.78 Å². The molecule has 6 nitrogen and oxygen atoms in total. The third kappa shape index (κ3) is 4.29. The van der Waals surface area contributed by atoms with Gasteiger partial charge in [0.05, 0.1) is 24.6 Å². The van der Waals surface area contributed by atoms with Crippen LogP contribution in [0.5, 0.6) is 11.6 Å². The number of nitrogens with zero attached hydrogens (tertiary/aromatic N) is 4. The van der Waals surface area contributed by atoms with Crippen LogP contribution in [0.4, 0.5) is 11.4 Å². The number of thiocarbonyl (C=S) groups is 1. The van der Waals surface area contributed by atoms with E-state index in [0.29, 0.717) is 40.5 Å². The second-order valence-corrected chi connectivity index (χ2v) is 5.61. The highest BCUT2D eigenvalue weighted by Gasteiger charge is 2.18. The number of hydrogen-bond donors (Lipinski definition) is 1. The van der Waals surface area contributed by atoms with Gasteiger partial charge in [0.25, 0.3) is 0 Å². The van der Waals surface area contributed by atoms with Crippen LogP contribution in [-0.4, -0.2) is 27.3 Å². The minimum absolute atomic E-state index is 0.291. The van der Waals surface area contributed by atoms with Gasteiger partial charge in [-0.05, 0) is 45.0 Å². The molecule has 8 heteroatoms. The van der Waals surface area contributed by atoms with E-state index < -0.39 is 0 Å². The molecular weight excluding hydrogens is 332 g/mol. The number of ether oxygens (including phenoxy) is 2. The Kier molecular flexibility index (Phi) is 6.12. The molecule has 0 fully saturated rings. The largest absolute Gasteiger partial charge is 0.494 e. The minimum Gasteiger partial charge on any atom is -0.494 e. The topological polar surface area (TPSA) is 61.0 Å². The highest BCUT2D eigenvalue weighted by molar-refractivity contribution is 8.11. The van der Waals surface area contributed by atoms with Gasteiger partial charge in [-0.1, -0.05) is 12.2 Å². The number of aromatic nitrogens is 2. The van der Waals surface area contributed by atoms with Crippen molar-refractivity contribution in [2.24, 2.45) is 10.2 Å². The van der Waals surface area contributed by atoms with Crippen LogP contribution in [0, 0.1) is 6.92 Å². The van der Waals surface area contributed by atoms with E-state index in [0.717, 1.165) is 5.75 Å². The van der Waals surface area contributed by atoms with Crippen LogP contribution in [-0.2, 0) is 0 Å². The average Bonchev–Trinajstić information content (AvgIpc) is 2.84. The summed E-state index contributed by atoms with van der Waals surface area (Å²) in [6.07, 6.45) is 0. The molecular formula is C15H18N4O2S2. The molecule has 23 heavy (non-hydrogen) atoms. The van der Waals surface area contributed by atoms with E-state index >= 15 is 0 Å². The molecule has 0 bridgehead atoms. The van der Waals surface area contributed by atoms with Gasteiger partial charge in [0, 0.05) is 0 Å². The molecule has 2 rings (SSSR count). The Balaban J connectivity index is 2.29. The lowest BCUT2D eigenvalue weighted by Crippen LogP contribution is -2.07. The summed E-state index contributed by atoms with van der Waals surface area (Å²) in [4.78, 5) is 0. The molecule has 2 aromatic rings. The fraction of sp³-hybridized carbons (Fsp3) is 0.333. The first-order chi connectivity index (χ1) is 11.1. The molecule has 122 valence electrons. The Morgan fingerprint density at radius 2 is 1.83 bits per heavy atom. The highest BCUT2D eigenvalue weighted by atomic mass is 32.1. The quantitative estimate of drug-likeness (QED) is 0.474. The number of hydrogen-bond acceptors (Lipinski definition) is 6. The number of azo groups is 1.